The van der Waals surface area contributed by atoms with E-state index in [1.54, 1.807) is 33.9 Å². The van der Waals surface area contributed by atoms with E-state index in [9.17, 15) is 13.2 Å². The Kier molecular flexibility index (Phi) is 19.0. The Morgan fingerprint density at radius 1 is 0.613 bits per heavy atom. The van der Waals surface area contributed by atoms with Crippen LogP contribution in [0, 0.1) is 13.8 Å². The Morgan fingerprint density at radius 3 is 1.65 bits per heavy atom. The lowest BCUT2D eigenvalue weighted by molar-refractivity contribution is -0.160. The van der Waals surface area contributed by atoms with E-state index in [2.05, 4.69) is 79.0 Å². The van der Waals surface area contributed by atoms with E-state index in [1.807, 2.05) is 140 Å². The third-order valence-electron chi connectivity index (χ3n) is 12.9. The summed E-state index contributed by atoms with van der Waals surface area (Å²) in [6.07, 6.45) is 8.33. The number of aromatic nitrogens is 6. The molecule has 0 aliphatic carbocycles. The van der Waals surface area contributed by atoms with Crippen molar-refractivity contribution in [3.8, 4) is 22.3 Å². The fourth-order valence-electron chi connectivity index (χ4n) is 8.32. The molecule has 0 radical (unpaired) electrons. The summed E-state index contributed by atoms with van der Waals surface area (Å²) >= 11 is 2.28. The number of hydrogen-bond donors (Lipinski definition) is 0. The minimum absolute atomic E-state index is 0.0566. The maximum absolute atomic E-state index is 12.7. The zero-order valence-corrected chi connectivity index (χ0v) is 48.4. The van der Waals surface area contributed by atoms with Gasteiger partial charge in [0.05, 0.1) is 60.5 Å². The number of carbonyl (C=O) groups is 1. The molecule has 0 fully saturated rings. The molecule has 0 bridgehead atoms. The minimum Gasteiger partial charge on any atom is -0.339 e. The molecule has 0 aliphatic heterocycles. The van der Waals surface area contributed by atoms with Crippen LogP contribution < -0.4 is 0 Å². The molecule has 0 N–H and O–H groups in total. The van der Waals surface area contributed by atoms with Gasteiger partial charge in [0.25, 0.3) is 5.89 Å². The number of pyridine rings is 2. The Balaban J connectivity index is 0.000000179. The fourth-order valence-corrected chi connectivity index (χ4v) is 9.66. The third kappa shape index (κ3) is 14.8. The van der Waals surface area contributed by atoms with Gasteiger partial charge in [-0.3, -0.25) is 14.8 Å². The predicted octanol–water partition coefficient (Wildman–Crippen LogP) is 14.6. The smallest absolute Gasteiger partial charge is 0.258 e. The summed E-state index contributed by atoms with van der Waals surface area (Å²) in [7, 11) is -0.459. The average molecular weight is 1130 g/mol. The first-order valence-corrected chi connectivity index (χ1v) is 28.6. The minimum atomic E-state index is -3.38. The number of aldehydes is 1. The van der Waals surface area contributed by atoms with Crippen LogP contribution in [0.3, 0.4) is 0 Å². The van der Waals surface area contributed by atoms with Gasteiger partial charge in [-0.25, -0.2) is 18.2 Å². The molecular weight excluding hydrogens is 1070 g/mol. The van der Waals surface area contributed by atoms with Crippen molar-refractivity contribution in [3.63, 3.8) is 0 Å². The van der Waals surface area contributed by atoms with Crippen molar-refractivity contribution < 1.29 is 40.7 Å². The Labute approximate surface area is 474 Å². The Bertz CT molecular complexity index is 3890. The number of benzene rings is 6. The van der Waals surface area contributed by atoms with E-state index in [-0.39, 0.29) is 5.41 Å². The van der Waals surface area contributed by atoms with Crippen molar-refractivity contribution in [1.29, 1.82) is 0 Å². The normalized spacial score (nSPS) is 11.9. The molecule has 4 heterocycles. The maximum atomic E-state index is 12.7. The van der Waals surface area contributed by atoms with E-state index in [4.69, 9.17) is 17.7 Å². The molecule has 0 spiro atoms. The molecule has 0 amide bonds. The number of rotatable bonds is 16. The molecule has 15 nitrogen and oxygen atoms in total. The summed E-state index contributed by atoms with van der Waals surface area (Å²) in [5.74, 6) is 2.20. The summed E-state index contributed by atoms with van der Waals surface area (Å²) < 4.78 is 44.6. The SMILES string of the molecule is CC(C)(C)c1cc(-c2cccc(C=O)c2)c2ncccc2c1.COOSc1ccc(/C(=C\c2cccc(-c3cc(C(C)(C)S(C)(=O)=O)cc4cccnc34)c2)c2nc(C)no2)cc1.COOSc1ccc(Cc2nc(C)no2)cc1. The molecule has 0 saturated heterocycles. The summed E-state index contributed by atoms with van der Waals surface area (Å²) in [6, 6.07) is 47.4. The number of nitrogens with zero attached hydrogens (tertiary/aromatic N) is 6. The number of aryl methyl sites for hydroxylation is 2. The zero-order chi connectivity index (χ0) is 57.0. The lowest BCUT2D eigenvalue weighted by Crippen LogP contribution is -2.28. The third-order valence-corrected chi connectivity index (χ3v) is 16.3. The summed E-state index contributed by atoms with van der Waals surface area (Å²) in [6.45, 7) is 13.6. The second kappa shape index (κ2) is 26.1. The average Bonchev–Trinajstić information content (AvgIpc) is 4.16. The number of fused-ring (bicyclic) bond motifs is 2. The number of sulfone groups is 1. The second-order valence-electron chi connectivity index (χ2n) is 20.0. The van der Waals surface area contributed by atoms with Crippen LogP contribution in [0.15, 0.2) is 177 Å². The van der Waals surface area contributed by atoms with Crippen LogP contribution in [0.2, 0.25) is 0 Å². The van der Waals surface area contributed by atoms with Crippen LogP contribution >= 0.6 is 24.1 Å². The topological polar surface area (TPSA) is 192 Å². The zero-order valence-electron chi connectivity index (χ0n) is 46.0. The van der Waals surface area contributed by atoms with Crippen molar-refractivity contribution in [2.75, 3.05) is 20.5 Å². The quantitative estimate of drug-likeness (QED) is 0.0291. The first-order valence-electron chi connectivity index (χ1n) is 25.2. The Morgan fingerprint density at radius 2 is 1.14 bits per heavy atom. The van der Waals surface area contributed by atoms with E-state index in [0.29, 0.717) is 41.0 Å². The monoisotopic (exact) mass is 1130 g/mol. The molecule has 4 aromatic heterocycles. The molecule has 10 rings (SSSR count). The van der Waals surface area contributed by atoms with Gasteiger partial charge in [-0.15, -0.1) is 0 Å². The van der Waals surface area contributed by atoms with Gasteiger partial charge in [0, 0.05) is 61.5 Å². The highest BCUT2D eigenvalue weighted by molar-refractivity contribution is 7.94. The van der Waals surface area contributed by atoms with E-state index in [0.717, 1.165) is 94.4 Å². The molecule has 18 heteroatoms. The molecule has 0 saturated carbocycles. The second-order valence-corrected chi connectivity index (χ2v) is 24.1. The molecule has 6 aromatic carbocycles. The molecular formula is C62H60N6O9S3. The standard InChI is InChI=1S/C31H29N3O5S2.C20H19NO.C11H12N2O3S/c1-20-33-30(38-34-20)28(22-11-13-26(14-12-22)40-39-37-4)17-21-8-6-9-23(16-21)27-19-25(31(2,3)41(5,35)36)18-24-10-7-15-32-29(24)27;1-20(2,3)17-11-16-8-5-9-21-19(16)18(12-17)15-7-4-6-14(10-15)13-22;1-8-12-11(15-13-8)7-9-3-5-10(6-4-9)17-16-14-2/h6-19H,1-5H3;4-13H,1-3H3;3-6H,7H2,1-2H3/b28-17+;;. The summed E-state index contributed by atoms with van der Waals surface area (Å²) in [5.41, 5.74) is 12.0. The molecule has 80 heavy (non-hydrogen) atoms. The van der Waals surface area contributed by atoms with Gasteiger partial charge in [0.1, 0.15) is 6.29 Å². The van der Waals surface area contributed by atoms with Crippen LogP contribution in [0.4, 0.5) is 0 Å². The highest BCUT2D eigenvalue weighted by Crippen LogP contribution is 2.38. The van der Waals surface area contributed by atoms with Crippen LogP contribution in [-0.4, -0.2) is 65.4 Å². The fraction of sp³-hybridized carbons (Fsp3) is 0.210. The maximum Gasteiger partial charge on any atom is 0.258 e. The highest BCUT2D eigenvalue weighted by atomic mass is 32.2. The molecule has 0 aliphatic rings. The van der Waals surface area contributed by atoms with E-state index >= 15 is 0 Å². The van der Waals surface area contributed by atoms with Gasteiger partial charge in [0.2, 0.25) is 5.89 Å². The number of hydrogen-bond acceptors (Lipinski definition) is 17. The van der Waals surface area contributed by atoms with Crippen LogP contribution in [0.25, 0.3) is 55.7 Å². The molecule has 10 aromatic rings. The molecule has 0 atom stereocenters. The van der Waals surface area contributed by atoms with Crippen LogP contribution in [0.1, 0.15) is 96.2 Å². The summed E-state index contributed by atoms with van der Waals surface area (Å²) in [5, 5.41) is 9.73. The lowest BCUT2D eigenvalue weighted by atomic mass is 9.84. The van der Waals surface area contributed by atoms with Crippen molar-refractivity contribution >= 4 is 73.7 Å². The van der Waals surface area contributed by atoms with Crippen molar-refractivity contribution in [2.24, 2.45) is 0 Å². The van der Waals surface area contributed by atoms with Gasteiger partial charge < -0.3 is 9.05 Å². The van der Waals surface area contributed by atoms with E-state index in [1.165, 1.54) is 38.1 Å². The van der Waals surface area contributed by atoms with Crippen molar-refractivity contribution in [2.45, 2.75) is 74.8 Å². The van der Waals surface area contributed by atoms with E-state index < -0.39 is 14.6 Å². The largest absolute Gasteiger partial charge is 0.339 e. The number of carbonyl (C=O) groups excluding carboxylic acids is 1. The van der Waals surface area contributed by atoms with Gasteiger partial charge in [-0.1, -0.05) is 104 Å². The Hall–Kier alpha value is -7.68. The van der Waals surface area contributed by atoms with Gasteiger partial charge in [-0.2, -0.15) is 18.6 Å². The van der Waals surface area contributed by atoms with Gasteiger partial charge in [0.15, 0.2) is 21.5 Å². The van der Waals surface area contributed by atoms with Crippen LogP contribution in [0.5, 0.6) is 0 Å². The molecule has 410 valence electrons. The highest BCUT2D eigenvalue weighted by Gasteiger charge is 2.33. The lowest BCUT2D eigenvalue weighted by Gasteiger charge is -2.24. The van der Waals surface area contributed by atoms with Crippen molar-refractivity contribution in [3.05, 3.63) is 215 Å². The first kappa shape index (κ1) is 58.5. The van der Waals surface area contributed by atoms with Crippen molar-refractivity contribution in [1.82, 2.24) is 30.2 Å². The first-order chi connectivity index (χ1) is 38.3. The predicted molar refractivity (Wildman–Crippen MR) is 315 cm³/mol. The summed E-state index contributed by atoms with van der Waals surface area (Å²) in [4.78, 5) is 39.9. The van der Waals surface area contributed by atoms with Crippen LogP contribution in [-0.2, 0) is 44.9 Å². The van der Waals surface area contributed by atoms with Gasteiger partial charge >= 0.3 is 0 Å². The van der Waals surface area contributed by atoms with Gasteiger partial charge in [-0.05, 0) is 151 Å². The molecule has 0 unspecified atom stereocenters.